The summed E-state index contributed by atoms with van der Waals surface area (Å²) in [6.07, 6.45) is 3.45. The van der Waals surface area contributed by atoms with Gasteiger partial charge in [0.2, 0.25) is 0 Å². The predicted molar refractivity (Wildman–Crippen MR) is 68.3 cm³/mol. The zero-order chi connectivity index (χ0) is 13.1. The summed E-state index contributed by atoms with van der Waals surface area (Å²) < 4.78 is 1.76. The summed E-state index contributed by atoms with van der Waals surface area (Å²) >= 11 is 0. The fourth-order valence-corrected chi connectivity index (χ4v) is 1.83. The van der Waals surface area contributed by atoms with Crippen molar-refractivity contribution in [2.75, 3.05) is 19.6 Å². The standard InChI is InChI=1S/C12H19N5O/c1-4-5-16(9(2)3)12(18)11-8-17(15-14-11)10-6-13-7-10/h4,8-10,13H,1,5-7H2,2-3H3. The Morgan fingerprint density at radius 1 is 1.72 bits per heavy atom. The highest BCUT2D eigenvalue weighted by Crippen LogP contribution is 2.12. The molecule has 2 rings (SSSR count). The number of aromatic nitrogens is 3. The van der Waals surface area contributed by atoms with Gasteiger partial charge in [-0.15, -0.1) is 11.7 Å². The third-order valence-electron chi connectivity index (χ3n) is 3.07. The minimum absolute atomic E-state index is 0.0940. The third-order valence-corrected chi connectivity index (χ3v) is 3.07. The summed E-state index contributed by atoms with van der Waals surface area (Å²) in [5.41, 5.74) is 0.400. The molecule has 0 aliphatic carbocycles. The van der Waals surface area contributed by atoms with Gasteiger partial charge in [0.05, 0.1) is 12.2 Å². The zero-order valence-electron chi connectivity index (χ0n) is 10.8. The van der Waals surface area contributed by atoms with Crippen molar-refractivity contribution >= 4 is 5.91 Å². The highest BCUT2D eigenvalue weighted by molar-refractivity contribution is 5.92. The second-order valence-electron chi connectivity index (χ2n) is 4.74. The van der Waals surface area contributed by atoms with Crippen LogP contribution in [0.3, 0.4) is 0 Å². The first-order chi connectivity index (χ1) is 8.63. The fraction of sp³-hybridized carbons (Fsp3) is 0.583. The van der Waals surface area contributed by atoms with Gasteiger partial charge in [0, 0.05) is 25.7 Å². The summed E-state index contributed by atoms with van der Waals surface area (Å²) in [4.78, 5) is 14.0. The van der Waals surface area contributed by atoms with Gasteiger partial charge in [-0.3, -0.25) is 4.79 Å². The van der Waals surface area contributed by atoms with Crippen molar-refractivity contribution in [3.05, 3.63) is 24.5 Å². The van der Waals surface area contributed by atoms with E-state index in [1.165, 1.54) is 0 Å². The van der Waals surface area contributed by atoms with Gasteiger partial charge < -0.3 is 10.2 Å². The molecular weight excluding hydrogens is 230 g/mol. The van der Waals surface area contributed by atoms with Crippen molar-refractivity contribution in [3.63, 3.8) is 0 Å². The Labute approximate surface area is 107 Å². The van der Waals surface area contributed by atoms with Crippen LogP contribution in [0.5, 0.6) is 0 Å². The number of amides is 1. The van der Waals surface area contributed by atoms with Crippen LogP contribution in [0.2, 0.25) is 0 Å². The van der Waals surface area contributed by atoms with Crippen LogP contribution in [0.15, 0.2) is 18.9 Å². The van der Waals surface area contributed by atoms with E-state index in [0.29, 0.717) is 18.3 Å². The van der Waals surface area contributed by atoms with Crippen LogP contribution in [0.25, 0.3) is 0 Å². The Hall–Kier alpha value is -1.69. The molecule has 0 aromatic carbocycles. The second kappa shape index (κ2) is 5.30. The first-order valence-electron chi connectivity index (χ1n) is 6.18. The van der Waals surface area contributed by atoms with Gasteiger partial charge in [0.25, 0.3) is 5.91 Å². The van der Waals surface area contributed by atoms with Crippen molar-refractivity contribution in [3.8, 4) is 0 Å². The number of rotatable bonds is 5. The largest absolute Gasteiger partial charge is 0.331 e. The molecule has 1 aliphatic heterocycles. The van der Waals surface area contributed by atoms with Crippen molar-refractivity contribution in [2.24, 2.45) is 0 Å². The molecular formula is C12H19N5O. The van der Waals surface area contributed by atoms with Crippen LogP contribution in [-0.2, 0) is 0 Å². The smallest absolute Gasteiger partial charge is 0.276 e. The Kier molecular flexibility index (Phi) is 3.76. The molecule has 0 bridgehead atoms. The van der Waals surface area contributed by atoms with Gasteiger partial charge >= 0.3 is 0 Å². The first kappa shape index (κ1) is 12.8. The summed E-state index contributed by atoms with van der Waals surface area (Å²) in [6, 6.07) is 0.442. The average Bonchev–Trinajstić information content (AvgIpc) is 2.71. The van der Waals surface area contributed by atoms with Crippen LogP contribution in [-0.4, -0.2) is 51.5 Å². The molecule has 98 valence electrons. The van der Waals surface area contributed by atoms with Gasteiger partial charge in [-0.25, -0.2) is 4.68 Å². The highest BCUT2D eigenvalue weighted by atomic mass is 16.2. The summed E-state index contributed by atoms with van der Waals surface area (Å²) in [7, 11) is 0. The van der Waals surface area contributed by atoms with E-state index in [4.69, 9.17) is 0 Å². The molecule has 0 unspecified atom stereocenters. The molecule has 18 heavy (non-hydrogen) atoms. The normalized spacial score (nSPS) is 15.5. The Balaban J connectivity index is 2.11. The number of carbonyl (C=O) groups is 1. The second-order valence-corrected chi connectivity index (χ2v) is 4.74. The molecule has 1 N–H and O–H groups in total. The fourth-order valence-electron chi connectivity index (χ4n) is 1.83. The average molecular weight is 249 g/mol. The lowest BCUT2D eigenvalue weighted by atomic mass is 10.2. The maximum atomic E-state index is 12.3. The SMILES string of the molecule is C=CCN(C(=O)c1cn(C2CNC2)nn1)C(C)C. The summed E-state index contributed by atoms with van der Waals surface area (Å²) in [5.74, 6) is -0.0940. The maximum Gasteiger partial charge on any atom is 0.276 e. The van der Waals surface area contributed by atoms with Crippen molar-refractivity contribution in [1.82, 2.24) is 25.2 Å². The van der Waals surface area contributed by atoms with Crippen LogP contribution in [0.4, 0.5) is 0 Å². The van der Waals surface area contributed by atoms with Gasteiger partial charge in [0.1, 0.15) is 0 Å². The number of nitrogens with zero attached hydrogens (tertiary/aromatic N) is 4. The van der Waals surface area contributed by atoms with E-state index in [2.05, 4.69) is 22.2 Å². The van der Waals surface area contributed by atoms with E-state index in [0.717, 1.165) is 13.1 Å². The molecule has 1 aliphatic rings. The molecule has 0 saturated carbocycles. The monoisotopic (exact) mass is 249 g/mol. The van der Waals surface area contributed by atoms with Crippen molar-refractivity contribution in [2.45, 2.75) is 25.9 Å². The molecule has 1 fully saturated rings. The van der Waals surface area contributed by atoms with Crippen LogP contribution >= 0.6 is 0 Å². The molecule has 2 heterocycles. The van der Waals surface area contributed by atoms with E-state index in [-0.39, 0.29) is 11.9 Å². The van der Waals surface area contributed by atoms with E-state index in [1.54, 1.807) is 21.9 Å². The quantitative estimate of drug-likeness (QED) is 0.770. The molecule has 0 atom stereocenters. The van der Waals surface area contributed by atoms with E-state index >= 15 is 0 Å². The molecule has 1 amide bonds. The van der Waals surface area contributed by atoms with Gasteiger partial charge in [-0.2, -0.15) is 0 Å². The molecule has 6 heteroatoms. The zero-order valence-corrected chi connectivity index (χ0v) is 10.8. The van der Waals surface area contributed by atoms with Crippen molar-refractivity contribution < 1.29 is 4.79 Å². The number of hydrogen-bond donors (Lipinski definition) is 1. The van der Waals surface area contributed by atoms with Crippen molar-refractivity contribution in [1.29, 1.82) is 0 Å². The van der Waals surface area contributed by atoms with Crippen LogP contribution in [0, 0.1) is 0 Å². The lowest BCUT2D eigenvalue weighted by Gasteiger charge is -2.26. The molecule has 1 saturated heterocycles. The summed E-state index contributed by atoms with van der Waals surface area (Å²) in [5, 5.41) is 11.1. The topological polar surface area (TPSA) is 63.1 Å². The Morgan fingerprint density at radius 3 is 2.94 bits per heavy atom. The van der Waals surface area contributed by atoms with E-state index < -0.39 is 0 Å². The van der Waals surface area contributed by atoms with Gasteiger partial charge in [-0.1, -0.05) is 11.3 Å². The number of nitrogens with one attached hydrogen (secondary N) is 1. The van der Waals surface area contributed by atoms with Gasteiger partial charge in [-0.05, 0) is 13.8 Å². The Morgan fingerprint density at radius 2 is 2.44 bits per heavy atom. The molecule has 0 radical (unpaired) electrons. The molecule has 0 spiro atoms. The number of carbonyl (C=O) groups excluding carboxylic acids is 1. The lowest BCUT2D eigenvalue weighted by Crippen LogP contribution is -2.43. The minimum atomic E-state index is -0.0940. The summed E-state index contributed by atoms with van der Waals surface area (Å²) in [6.45, 7) is 9.91. The van der Waals surface area contributed by atoms with Crippen LogP contribution < -0.4 is 5.32 Å². The van der Waals surface area contributed by atoms with Gasteiger partial charge in [0.15, 0.2) is 5.69 Å². The molecule has 6 nitrogen and oxygen atoms in total. The maximum absolute atomic E-state index is 12.3. The highest BCUT2D eigenvalue weighted by Gasteiger charge is 2.24. The first-order valence-corrected chi connectivity index (χ1v) is 6.18. The molecule has 1 aromatic rings. The Bertz CT molecular complexity index is 435. The lowest BCUT2D eigenvalue weighted by molar-refractivity contribution is 0.0722. The molecule has 1 aromatic heterocycles. The third kappa shape index (κ3) is 2.43. The predicted octanol–water partition coefficient (Wildman–Crippen LogP) is 0.459. The minimum Gasteiger partial charge on any atom is -0.331 e. The number of hydrogen-bond acceptors (Lipinski definition) is 4. The van der Waals surface area contributed by atoms with E-state index in [9.17, 15) is 4.79 Å². The van der Waals surface area contributed by atoms with E-state index in [1.807, 2.05) is 13.8 Å². The van der Waals surface area contributed by atoms with Crippen LogP contribution in [0.1, 0.15) is 30.4 Å².